The topological polar surface area (TPSA) is 47.0 Å². The number of ether oxygens (including phenoxy) is 1. The monoisotopic (exact) mass is 227 g/mol. The maximum Gasteiger partial charge on any atom is 0.218 e. The van der Waals surface area contributed by atoms with Crippen LogP contribution in [0.5, 0.6) is 5.88 Å². The molecule has 15 heavy (non-hydrogen) atoms. The van der Waals surface area contributed by atoms with Gasteiger partial charge in [-0.3, -0.25) is 0 Å². The molecule has 0 aromatic carbocycles. The number of hydrogen-bond acceptors (Lipinski definition) is 4. The molecule has 0 bridgehead atoms. The van der Waals surface area contributed by atoms with Crippen LogP contribution in [0.15, 0.2) is 12.4 Å². The molecule has 1 fully saturated rings. The van der Waals surface area contributed by atoms with E-state index in [0.29, 0.717) is 23.9 Å². The second kappa shape index (κ2) is 4.66. The predicted molar refractivity (Wildman–Crippen MR) is 59.5 cm³/mol. The lowest BCUT2D eigenvalue weighted by atomic mass is 9.92. The Bertz CT molecular complexity index is 328. The summed E-state index contributed by atoms with van der Waals surface area (Å²) in [7, 11) is 0. The van der Waals surface area contributed by atoms with Crippen LogP contribution in [-0.2, 0) is 0 Å². The number of aromatic nitrogens is 2. The van der Waals surface area contributed by atoms with E-state index in [-0.39, 0.29) is 0 Å². The van der Waals surface area contributed by atoms with Crippen LogP contribution in [0.1, 0.15) is 19.8 Å². The molecule has 82 valence electrons. The fourth-order valence-corrected chi connectivity index (χ4v) is 1.95. The predicted octanol–water partition coefficient (Wildman–Crippen LogP) is 2.06. The Morgan fingerprint density at radius 1 is 1.53 bits per heavy atom. The lowest BCUT2D eigenvalue weighted by Gasteiger charge is -2.31. The van der Waals surface area contributed by atoms with Gasteiger partial charge in [-0.15, -0.1) is 11.6 Å². The highest BCUT2D eigenvalue weighted by Crippen LogP contribution is 2.28. The number of alkyl halides is 1. The molecule has 1 heterocycles. The number of nitrogens with zero attached hydrogens (tertiary/aromatic N) is 2. The SMILES string of the molecule is CCOc1cc(NC2CC(Cl)C2)ncn1. The van der Waals surface area contributed by atoms with Gasteiger partial charge in [0.05, 0.1) is 6.61 Å². The Hall–Kier alpha value is -1.03. The van der Waals surface area contributed by atoms with E-state index in [9.17, 15) is 0 Å². The molecule has 1 aromatic rings. The second-order valence-electron chi connectivity index (χ2n) is 3.58. The smallest absolute Gasteiger partial charge is 0.218 e. The highest BCUT2D eigenvalue weighted by Gasteiger charge is 2.27. The van der Waals surface area contributed by atoms with Crippen LogP contribution in [0.25, 0.3) is 0 Å². The van der Waals surface area contributed by atoms with Crippen molar-refractivity contribution < 1.29 is 4.74 Å². The molecule has 1 aliphatic rings. The number of hydrogen-bond donors (Lipinski definition) is 1. The minimum atomic E-state index is 0.315. The molecule has 1 aromatic heterocycles. The zero-order valence-corrected chi connectivity index (χ0v) is 9.37. The van der Waals surface area contributed by atoms with Gasteiger partial charge in [0.25, 0.3) is 0 Å². The minimum Gasteiger partial charge on any atom is -0.478 e. The van der Waals surface area contributed by atoms with Crippen molar-refractivity contribution in [2.45, 2.75) is 31.2 Å². The minimum absolute atomic E-state index is 0.315. The Kier molecular flexibility index (Phi) is 3.26. The van der Waals surface area contributed by atoms with Crippen LogP contribution in [-0.4, -0.2) is 28.0 Å². The highest BCUT2D eigenvalue weighted by molar-refractivity contribution is 6.21. The van der Waals surface area contributed by atoms with Crippen LogP contribution < -0.4 is 10.1 Å². The van der Waals surface area contributed by atoms with Crippen LogP contribution in [0.2, 0.25) is 0 Å². The standard InChI is InChI=1S/C10H14ClN3O/c1-2-15-10-5-9(12-6-13-10)14-8-3-7(11)4-8/h5-8H,2-4H2,1H3,(H,12,13,14). The van der Waals surface area contributed by atoms with E-state index in [2.05, 4.69) is 15.3 Å². The normalized spacial score (nSPS) is 24.4. The quantitative estimate of drug-likeness (QED) is 0.800. The van der Waals surface area contributed by atoms with Gasteiger partial charge < -0.3 is 10.1 Å². The summed E-state index contributed by atoms with van der Waals surface area (Å²) in [5.41, 5.74) is 0. The summed E-state index contributed by atoms with van der Waals surface area (Å²) in [5, 5.41) is 3.61. The van der Waals surface area contributed by atoms with Crippen molar-refractivity contribution in [1.82, 2.24) is 9.97 Å². The molecule has 0 aliphatic heterocycles. The van der Waals surface area contributed by atoms with E-state index >= 15 is 0 Å². The Morgan fingerprint density at radius 3 is 3.00 bits per heavy atom. The summed E-state index contributed by atoms with van der Waals surface area (Å²) in [4.78, 5) is 8.12. The van der Waals surface area contributed by atoms with Crippen LogP contribution in [0, 0.1) is 0 Å². The largest absolute Gasteiger partial charge is 0.478 e. The summed E-state index contributed by atoms with van der Waals surface area (Å²) in [6.45, 7) is 2.54. The van der Waals surface area contributed by atoms with Gasteiger partial charge in [0.15, 0.2) is 0 Å². The maximum atomic E-state index is 5.89. The van der Waals surface area contributed by atoms with Crippen LogP contribution in [0.3, 0.4) is 0 Å². The zero-order chi connectivity index (χ0) is 10.7. The van der Waals surface area contributed by atoms with E-state index in [1.165, 1.54) is 6.33 Å². The summed E-state index contributed by atoms with van der Waals surface area (Å²) >= 11 is 5.89. The molecule has 2 rings (SSSR count). The molecule has 0 radical (unpaired) electrons. The van der Waals surface area contributed by atoms with E-state index in [1.54, 1.807) is 0 Å². The van der Waals surface area contributed by atoms with E-state index < -0.39 is 0 Å². The van der Waals surface area contributed by atoms with Gasteiger partial charge in [-0.25, -0.2) is 9.97 Å². The third kappa shape index (κ3) is 2.72. The molecular weight excluding hydrogens is 214 g/mol. The number of rotatable bonds is 4. The van der Waals surface area contributed by atoms with Gasteiger partial charge in [0, 0.05) is 17.5 Å². The van der Waals surface area contributed by atoms with Gasteiger partial charge in [-0.05, 0) is 19.8 Å². The lowest BCUT2D eigenvalue weighted by Crippen LogP contribution is -2.36. The summed E-state index contributed by atoms with van der Waals surface area (Å²) in [6.07, 6.45) is 3.50. The molecule has 5 heteroatoms. The molecule has 0 unspecified atom stereocenters. The van der Waals surface area contributed by atoms with Crippen LogP contribution >= 0.6 is 11.6 Å². The molecular formula is C10H14ClN3O. The average molecular weight is 228 g/mol. The average Bonchev–Trinajstić information content (AvgIpc) is 2.17. The van der Waals surface area contributed by atoms with Gasteiger partial charge in [0.1, 0.15) is 12.1 Å². The van der Waals surface area contributed by atoms with Crippen molar-refractivity contribution in [3.63, 3.8) is 0 Å². The Labute approximate surface area is 94.0 Å². The fourth-order valence-electron chi connectivity index (χ4n) is 1.52. The van der Waals surface area contributed by atoms with Crippen molar-refractivity contribution in [3.8, 4) is 5.88 Å². The van der Waals surface area contributed by atoms with Crippen LogP contribution in [0.4, 0.5) is 5.82 Å². The molecule has 4 nitrogen and oxygen atoms in total. The van der Waals surface area contributed by atoms with Gasteiger partial charge in [-0.2, -0.15) is 0 Å². The summed E-state index contributed by atoms with van der Waals surface area (Å²) < 4.78 is 5.28. The molecule has 0 saturated heterocycles. The lowest BCUT2D eigenvalue weighted by molar-refractivity contribution is 0.326. The first kappa shape index (κ1) is 10.5. The first-order valence-corrected chi connectivity index (χ1v) is 5.57. The zero-order valence-electron chi connectivity index (χ0n) is 8.61. The molecule has 0 atom stereocenters. The van der Waals surface area contributed by atoms with Crippen molar-refractivity contribution in [3.05, 3.63) is 12.4 Å². The highest BCUT2D eigenvalue weighted by atomic mass is 35.5. The second-order valence-corrected chi connectivity index (χ2v) is 4.20. The fraction of sp³-hybridized carbons (Fsp3) is 0.600. The number of anilines is 1. The van der Waals surface area contributed by atoms with Crippen molar-refractivity contribution in [1.29, 1.82) is 0 Å². The first-order chi connectivity index (χ1) is 7.28. The molecule has 1 saturated carbocycles. The number of halogens is 1. The maximum absolute atomic E-state index is 5.89. The molecule has 0 spiro atoms. The van der Waals surface area contributed by atoms with Crippen molar-refractivity contribution >= 4 is 17.4 Å². The van der Waals surface area contributed by atoms with Gasteiger partial charge in [0.2, 0.25) is 5.88 Å². The summed E-state index contributed by atoms with van der Waals surface area (Å²) in [5.74, 6) is 1.42. The number of nitrogens with one attached hydrogen (secondary N) is 1. The van der Waals surface area contributed by atoms with Crippen molar-refractivity contribution in [2.75, 3.05) is 11.9 Å². The Morgan fingerprint density at radius 2 is 2.33 bits per heavy atom. The molecule has 0 amide bonds. The van der Waals surface area contributed by atoms with E-state index in [1.807, 2.05) is 13.0 Å². The summed E-state index contributed by atoms with van der Waals surface area (Å²) in [6, 6.07) is 2.25. The Balaban J connectivity index is 1.93. The molecule has 1 N–H and O–H groups in total. The third-order valence-corrected chi connectivity index (χ3v) is 2.72. The van der Waals surface area contributed by atoms with Gasteiger partial charge >= 0.3 is 0 Å². The molecule has 1 aliphatic carbocycles. The van der Waals surface area contributed by atoms with E-state index in [4.69, 9.17) is 16.3 Å². The third-order valence-electron chi connectivity index (χ3n) is 2.37. The van der Waals surface area contributed by atoms with Crippen molar-refractivity contribution in [2.24, 2.45) is 0 Å². The van der Waals surface area contributed by atoms with E-state index in [0.717, 1.165) is 18.7 Å². The van der Waals surface area contributed by atoms with Gasteiger partial charge in [-0.1, -0.05) is 0 Å². The first-order valence-electron chi connectivity index (χ1n) is 5.13.